The fourth-order valence-electron chi connectivity index (χ4n) is 2.86. The molecule has 28 heavy (non-hydrogen) atoms. The van der Waals surface area contributed by atoms with E-state index in [0.717, 1.165) is 17.7 Å². The van der Waals surface area contributed by atoms with Gasteiger partial charge in [-0.3, -0.25) is 0 Å². The van der Waals surface area contributed by atoms with Gasteiger partial charge in [0.15, 0.2) is 0 Å². The van der Waals surface area contributed by atoms with Gasteiger partial charge in [0.05, 0.1) is 0 Å². The fourth-order valence-corrected chi connectivity index (χ4v) is 2.86. The van der Waals surface area contributed by atoms with Gasteiger partial charge in [0, 0.05) is 5.69 Å². The lowest BCUT2D eigenvalue weighted by Gasteiger charge is -2.17. The summed E-state index contributed by atoms with van der Waals surface area (Å²) in [6.45, 7) is 12.9. The van der Waals surface area contributed by atoms with Crippen molar-refractivity contribution in [2.45, 2.75) is 79.6 Å². The summed E-state index contributed by atoms with van der Waals surface area (Å²) >= 11 is 0. The van der Waals surface area contributed by atoms with Crippen LogP contribution in [-0.4, -0.2) is 0 Å². The van der Waals surface area contributed by atoms with E-state index < -0.39 is 0 Å². The molecule has 0 aromatic heterocycles. The highest BCUT2D eigenvalue weighted by Crippen LogP contribution is 2.28. The zero-order valence-corrected chi connectivity index (χ0v) is 18.8. The van der Waals surface area contributed by atoms with Crippen LogP contribution in [0, 0.1) is 12.7 Å². The van der Waals surface area contributed by atoms with Crippen LogP contribution in [0.1, 0.15) is 83.8 Å². The van der Waals surface area contributed by atoms with Gasteiger partial charge in [0.2, 0.25) is 0 Å². The lowest BCUT2D eigenvalue weighted by atomic mass is 9.88. The molecule has 0 aliphatic rings. The van der Waals surface area contributed by atoms with E-state index in [1.807, 2.05) is 19.1 Å². The summed E-state index contributed by atoms with van der Waals surface area (Å²) in [5.74, 6) is 0.471. The highest BCUT2D eigenvalue weighted by molar-refractivity contribution is 5.40. The Morgan fingerprint density at radius 1 is 0.964 bits per heavy atom. The van der Waals surface area contributed by atoms with Crippen LogP contribution < -0.4 is 5.73 Å². The number of aryl methyl sites for hydroxylation is 1. The largest absolute Gasteiger partial charge is 0.399 e. The lowest BCUT2D eigenvalue weighted by molar-refractivity contribution is 0.606. The predicted molar refractivity (Wildman–Crippen MR) is 124 cm³/mol. The molecule has 1 unspecified atom stereocenters. The molecular weight excluding hydrogens is 345 g/mol. The molecule has 0 aliphatic heterocycles. The molecule has 0 fully saturated rings. The summed E-state index contributed by atoms with van der Waals surface area (Å²) < 4.78 is 12.1. The molecule has 2 aromatic carbocycles. The van der Waals surface area contributed by atoms with Crippen molar-refractivity contribution in [3.8, 4) is 0 Å². The van der Waals surface area contributed by atoms with Gasteiger partial charge in [-0.1, -0.05) is 82.0 Å². The van der Waals surface area contributed by atoms with Crippen molar-refractivity contribution in [2.75, 3.05) is 5.73 Å². The van der Waals surface area contributed by atoms with Crippen molar-refractivity contribution in [3.05, 3.63) is 77.1 Å². The molecule has 0 saturated heterocycles. The first kappa shape index (κ1) is 25.9. The van der Waals surface area contributed by atoms with Crippen LogP contribution in [0.15, 0.2) is 60.2 Å². The highest BCUT2D eigenvalue weighted by Gasteiger charge is 2.10. The van der Waals surface area contributed by atoms with Crippen LogP contribution in [0.2, 0.25) is 0 Å². The SMILES string of the molecule is CC/C=C(/C)CC(CCC)c1ccc(N)cc1.CCC.Cc1ccc(F)cc1. The van der Waals surface area contributed by atoms with Crippen LogP contribution in [0.5, 0.6) is 0 Å². The summed E-state index contributed by atoms with van der Waals surface area (Å²) in [6.07, 6.45) is 8.37. The van der Waals surface area contributed by atoms with E-state index in [4.69, 9.17) is 5.73 Å². The quantitative estimate of drug-likeness (QED) is 0.392. The molecule has 0 bridgehead atoms. The number of nitrogen functional groups attached to an aromatic ring is 1. The van der Waals surface area contributed by atoms with Crippen LogP contribution >= 0.6 is 0 Å². The first-order valence-corrected chi connectivity index (χ1v) is 10.6. The summed E-state index contributed by atoms with van der Waals surface area (Å²) in [5.41, 5.74) is 10.6. The molecule has 1 nitrogen and oxygen atoms in total. The maximum absolute atomic E-state index is 12.1. The van der Waals surface area contributed by atoms with Crippen molar-refractivity contribution >= 4 is 5.69 Å². The number of halogens is 1. The Balaban J connectivity index is 0.000000547. The smallest absolute Gasteiger partial charge is 0.123 e. The van der Waals surface area contributed by atoms with Crippen LogP contribution in [-0.2, 0) is 0 Å². The van der Waals surface area contributed by atoms with Gasteiger partial charge in [0.25, 0.3) is 0 Å². The average Bonchev–Trinajstić information content (AvgIpc) is 2.66. The topological polar surface area (TPSA) is 26.0 Å². The molecule has 0 saturated carbocycles. The van der Waals surface area contributed by atoms with Gasteiger partial charge >= 0.3 is 0 Å². The van der Waals surface area contributed by atoms with Gasteiger partial charge in [-0.05, 0) is 68.9 Å². The molecule has 2 aromatic rings. The van der Waals surface area contributed by atoms with Crippen molar-refractivity contribution in [1.82, 2.24) is 0 Å². The molecule has 0 amide bonds. The number of hydrogen-bond donors (Lipinski definition) is 1. The third-order valence-corrected chi connectivity index (χ3v) is 4.18. The Morgan fingerprint density at radius 3 is 1.93 bits per heavy atom. The number of anilines is 1. The van der Waals surface area contributed by atoms with Crippen LogP contribution in [0.25, 0.3) is 0 Å². The van der Waals surface area contributed by atoms with E-state index in [0.29, 0.717) is 5.92 Å². The third kappa shape index (κ3) is 12.3. The number of allylic oxidation sites excluding steroid dienone is 2. The van der Waals surface area contributed by atoms with Crippen LogP contribution in [0.3, 0.4) is 0 Å². The van der Waals surface area contributed by atoms with E-state index in [-0.39, 0.29) is 5.82 Å². The predicted octanol–water partition coefficient (Wildman–Crippen LogP) is 8.45. The maximum atomic E-state index is 12.1. The first-order chi connectivity index (χ1) is 13.4. The zero-order valence-electron chi connectivity index (χ0n) is 18.8. The van der Waals surface area contributed by atoms with Crippen LogP contribution in [0.4, 0.5) is 10.1 Å². The van der Waals surface area contributed by atoms with Gasteiger partial charge in [-0.25, -0.2) is 4.39 Å². The third-order valence-electron chi connectivity index (χ3n) is 4.18. The standard InChI is InChI=1S/C16H25N.C7H7F.C3H8/c1-4-6-13(3)12-15(7-5-2)14-8-10-16(17)11-9-14;1-6-2-4-7(8)5-3-6;1-3-2/h6,8-11,15H,4-5,7,12,17H2,1-3H3;2-5H,1H3;3H2,1-2H3/b13-6-;;. The first-order valence-electron chi connectivity index (χ1n) is 10.6. The molecule has 2 heteroatoms. The van der Waals surface area contributed by atoms with E-state index in [9.17, 15) is 4.39 Å². The van der Waals surface area contributed by atoms with Gasteiger partial charge in [0.1, 0.15) is 5.82 Å². The van der Waals surface area contributed by atoms with Gasteiger partial charge < -0.3 is 5.73 Å². The van der Waals surface area contributed by atoms with E-state index in [1.54, 1.807) is 12.1 Å². The van der Waals surface area contributed by atoms with Crippen molar-refractivity contribution in [2.24, 2.45) is 0 Å². The Morgan fingerprint density at radius 2 is 1.50 bits per heavy atom. The van der Waals surface area contributed by atoms with Crippen molar-refractivity contribution in [1.29, 1.82) is 0 Å². The number of benzene rings is 2. The molecule has 0 radical (unpaired) electrons. The summed E-state index contributed by atoms with van der Waals surface area (Å²) in [7, 11) is 0. The molecule has 156 valence electrons. The van der Waals surface area contributed by atoms with E-state index >= 15 is 0 Å². The van der Waals surface area contributed by atoms with Gasteiger partial charge in [-0.15, -0.1) is 0 Å². The second-order valence-electron chi connectivity index (χ2n) is 7.32. The minimum atomic E-state index is -0.171. The zero-order chi connectivity index (χ0) is 21.4. The molecule has 0 heterocycles. The number of rotatable bonds is 6. The molecule has 0 aliphatic carbocycles. The Bertz CT molecular complexity index is 620. The molecule has 0 spiro atoms. The van der Waals surface area contributed by atoms with E-state index in [2.05, 4.69) is 52.8 Å². The molecular formula is C26H40FN. The molecule has 1 atom stereocenters. The fraction of sp³-hybridized carbons (Fsp3) is 0.462. The number of nitrogens with two attached hydrogens (primary N) is 1. The van der Waals surface area contributed by atoms with Crippen molar-refractivity contribution in [3.63, 3.8) is 0 Å². The average molecular weight is 386 g/mol. The summed E-state index contributed by atoms with van der Waals surface area (Å²) in [5, 5.41) is 0. The Kier molecular flexibility index (Phi) is 14.7. The summed E-state index contributed by atoms with van der Waals surface area (Å²) in [4.78, 5) is 0. The second-order valence-corrected chi connectivity index (χ2v) is 7.32. The minimum Gasteiger partial charge on any atom is -0.399 e. The lowest BCUT2D eigenvalue weighted by Crippen LogP contribution is -2.00. The second kappa shape index (κ2) is 15.9. The summed E-state index contributed by atoms with van der Waals surface area (Å²) in [6, 6.07) is 14.8. The van der Waals surface area contributed by atoms with Crippen molar-refractivity contribution < 1.29 is 4.39 Å². The van der Waals surface area contributed by atoms with E-state index in [1.165, 1.54) is 49.0 Å². The maximum Gasteiger partial charge on any atom is 0.123 e. The highest BCUT2D eigenvalue weighted by atomic mass is 19.1. The van der Waals surface area contributed by atoms with Gasteiger partial charge in [-0.2, -0.15) is 0 Å². The Hall–Kier alpha value is -2.09. The molecule has 2 N–H and O–H groups in total. The minimum absolute atomic E-state index is 0.171. The normalized spacial score (nSPS) is 11.6. The Labute approximate surface area is 172 Å². The molecule has 2 rings (SSSR count). The number of hydrogen-bond acceptors (Lipinski definition) is 1. The monoisotopic (exact) mass is 385 g/mol.